The summed E-state index contributed by atoms with van der Waals surface area (Å²) in [7, 11) is 0. The first-order valence-electron chi connectivity index (χ1n) is 5.26. The second-order valence-corrected chi connectivity index (χ2v) is 3.51. The molecule has 0 aliphatic heterocycles. The SMILES string of the molecule is N#Cc1oc2ccccc2c1OCCOC(F)(F)F. The molecule has 0 radical (unpaired) electrons. The zero-order valence-electron chi connectivity index (χ0n) is 9.53. The Hall–Kier alpha value is -2.20. The van der Waals surface area contributed by atoms with Crippen LogP contribution in [0.2, 0.25) is 0 Å². The second-order valence-electron chi connectivity index (χ2n) is 3.51. The second kappa shape index (κ2) is 5.20. The highest BCUT2D eigenvalue weighted by Crippen LogP contribution is 2.32. The van der Waals surface area contributed by atoms with E-state index in [1.807, 2.05) is 0 Å². The van der Waals surface area contributed by atoms with Gasteiger partial charge in [0.2, 0.25) is 5.76 Å². The van der Waals surface area contributed by atoms with Gasteiger partial charge in [-0.2, -0.15) is 5.26 Å². The van der Waals surface area contributed by atoms with E-state index in [0.717, 1.165) is 0 Å². The first-order chi connectivity index (χ1) is 9.01. The first-order valence-corrected chi connectivity index (χ1v) is 5.26. The summed E-state index contributed by atoms with van der Waals surface area (Å²) in [5, 5.41) is 9.40. The van der Waals surface area contributed by atoms with Gasteiger partial charge in [-0.15, -0.1) is 13.2 Å². The van der Waals surface area contributed by atoms with Gasteiger partial charge in [-0.25, -0.2) is 0 Å². The van der Waals surface area contributed by atoms with Crippen LogP contribution < -0.4 is 4.74 Å². The van der Waals surface area contributed by atoms with E-state index in [9.17, 15) is 13.2 Å². The molecule has 0 spiro atoms. The fourth-order valence-corrected chi connectivity index (χ4v) is 1.54. The zero-order chi connectivity index (χ0) is 13.9. The molecule has 0 N–H and O–H groups in total. The summed E-state index contributed by atoms with van der Waals surface area (Å²) in [6, 6.07) is 8.49. The van der Waals surface area contributed by atoms with E-state index in [1.165, 1.54) is 0 Å². The third-order valence-corrected chi connectivity index (χ3v) is 2.25. The molecule has 0 amide bonds. The first kappa shape index (κ1) is 13.2. The van der Waals surface area contributed by atoms with Crippen LogP contribution in [-0.2, 0) is 4.74 Å². The number of fused-ring (bicyclic) bond motifs is 1. The summed E-state index contributed by atoms with van der Waals surface area (Å²) in [4.78, 5) is 0. The molecule has 100 valence electrons. The average molecular weight is 271 g/mol. The number of rotatable bonds is 4. The fraction of sp³-hybridized carbons (Fsp3) is 0.250. The molecule has 0 aliphatic rings. The number of hydrogen-bond acceptors (Lipinski definition) is 4. The third kappa shape index (κ3) is 3.17. The van der Waals surface area contributed by atoms with Crippen LogP contribution in [0.1, 0.15) is 5.76 Å². The van der Waals surface area contributed by atoms with E-state index in [1.54, 1.807) is 30.3 Å². The highest BCUT2D eigenvalue weighted by molar-refractivity contribution is 5.86. The molecule has 0 saturated carbocycles. The molecule has 0 unspecified atom stereocenters. The molecule has 0 fully saturated rings. The largest absolute Gasteiger partial charge is 0.522 e. The predicted molar refractivity (Wildman–Crippen MR) is 58.4 cm³/mol. The molecule has 1 heterocycles. The van der Waals surface area contributed by atoms with Gasteiger partial charge >= 0.3 is 6.36 Å². The minimum absolute atomic E-state index is 0.0757. The van der Waals surface area contributed by atoms with E-state index in [0.29, 0.717) is 11.0 Å². The van der Waals surface area contributed by atoms with E-state index in [-0.39, 0.29) is 18.1 Å². The molecular weight excluding hydrogens is 263 g/mol. The number of halogens is 3. The van der Waals surface area contributed by atoms with Gasteiger partial charge in [0.15, 0.2) is 5.75 Å². The van der Waals surface area contributed by atoms with Crippen molar-refractivity contribution in [2.75, 3.05) is 13.2 Å². The Kier molecular flexibility index (Phi) is 3.62. The van der Waals surface area contributed by atoms with Crippen LogP contribution in [0.4, 0.5) is 13.2 Å². The Balaban J connectivity index is 2.10. The maximum Gasteiger partial charge on any atom is 0.522 e. The third-order valence-electron chi connectivity index (χ3n) is 2.25. The Labute approximate surface area is 105 Å². The van der Waals surface area contributed by atoms with Gasteiger partial charge in [-0.3, -0.25) is 4.74 Å². The van der Waals surface area contributed by atoms with Crippen LogP contribution in [0, 0.1) is 11.3 Å². The summed E-state index contributed by atoms with van der Waals surface area (Å²) < 4.78 is 49.2. The van der Waals surface area contributed by atoms with Crippen LogP contribution in [-0.4, -0.2) is 19.6 Å². The molecule has 1 aromatic carbocycles. The summed E-state index contributed by atoms with van der Waals surface area (Å²) in [5.74, 6) is 0.0529. The van der Waals surface area contributed by atoms with Gasteiger partial charge < -0.3 is 9.15 Å². The molecule has 0 atom stereocenters. The monoisotopic (exact) mass is 271 g/mol. The molecule has 0 aliphatic carbocycles. The topological polar surface area (TPSA) is 55.4 Å². The minimum atomic E-state index is -4.69. The van der Waals surface area contributed by atoms with Gasteiger partial charge in [0.25, 0.3) is 0 Å². The molecule has 0 saturated heterocycles. The molecule has 2 aromatic rings. The Morgan fingerprint density at radius 3 is 2.63 bits per heavy atom. The lowest BCUT2D eigenvalue weighted by Crippen LogP contribution is -2.18. The van der Waals surface area contributed by atoms with E-state index < -0.39 is 13.0 Å². The number of nitrogens with zero attached hydrogens (tertiary/aromatic N) is 1. The van der Waals surface area contributed by atoms with Gasteiger partial charge in [0, 0.05) is 0 Å². The lowest BCUT2D eigenvalue weighted by atomic mass is 10.2. The van der Waals surface area contributed by atoms with Crippen molar-refractivity contribution in [1.82, 2.24) is 0 Å². The highest BCUT2D eigenvalue weighted by Gasteiger charge is 2.28. The predicted octanol–water partition coefficient (Wildman–Crippen LogP) is 3.22. The fourth-order valence-electron chi connectivity index (χ4n) is 1.54. The Morgan fingerprint density at radius 1 is 1.21 bits per heavy atom. The number of furan rings is 1. The number of benzene rings is 1. The molecule has 1 aromatic heterocycles. The molecular formula is C12H8F3NO3. The van der Waals surface area contributed by atoms with Gasteiger partial charge in [-0.05, 0) is 12.1 Å². The molecule has 19 heavy (non-hydrogen) atoms. The quantitative estimate of drug-likeness (QED) is 0.801. The van der Waals surface area contributed by atoms with Crippen molar-refractivity contribution in [1.29, 1.82) is 5.26 Å². The van der Waals surface area contributed by atoms with Crippen LogP contribution in [0.3, 0.4) is 0 Å². The summed E-state index contributed by atoms with van der Waals surface area (Å²) in [5.41, 5.74) is 0.436. The Bertz CT molecular complexity index is 613. The lowest BCUT2D eigenvalue weighted by molar-refractivity contribution is -0.325. The van der Waals surface area contributed by atoms with Crippen molar-refractivity contribution < 1.29 is 27.1 Å². The zero-order valence-corrected chi connectivity index (χ0v) is 9.53. The molecule has 7 heteroatoms. The maximum atomic E-state index is 11.8. The maximum absolute atomic E-state index is 11.8. The van der Waals surface area contributed by atoms with Crippen molar-refractivity contribution in [2.24, 2.45) is 0 Å². The van der Waals surface area contributed by atoms with Gasteiger partial charge in [0.1, 0.15) is 18.3 Å². The van der Waals surface area contributed by atoms with Crippen molar-refractivity contribution >= 4 is 11.0 Å². The smallest absolute Gasteiger partial charge is 0.486 e. The van der Waals surface area contributed by atoms with Crippen molar-refractivity contribution in [3.05, 3.63) is 30.0 Å². The summed E-state index contributed by atoms with van der Waals surface area (Å²) in [6.45, 7) is -0.994. The Morgan fingerprint density at radius 2 is 1.95 bits per heavy atom. The number of para-hydroxylation sites is 1. The van der Waals surface area contributed by atoms with Gasteiger partial charge in [-0.1, -0.05) is 12.1 Å². The standard InChI is InChI=1S/C12H8F3NO3/c13-12(14,15)18-6-5-17-11-8-3-1-2-4-9(8)19-10(11)7-16/h1-4H,5-6H2. The number of ether oxygens (including phenoxy) is 2. The number of alkyl halides is 3. The van der Waals surface area contributed by atoms with Crippen LogP contribution in [0.25, 0.3) is 11.0 Å². The van der Waals surface area contributed by atoms with E-state index in [4.69, 9.17) is 14.4 Å². The highest BCUT2D eigenvalue weighted by atomic mass is 19.4. The van der Waals surface area contributed by atoms with Crippen LogP contribution in [0.5, 0.6) is 5.75 Å². The number of hydrogen-bond donors (Lipinski definition) is 0. The van der Waals surface area contributed by atoms with Crippen LogP contribution in [0.15, 0.2) is 28.7 Å². The van der Waals surface area contributed by atoms with Crippen molar-refractivity contribution in [2.45, 2.75) is 6.36 Å². The van der Waals surface area contributed by atoms with Crippen molar-refractivity contribution in [3.63, 3.8) is 0 Å². The van der Waals surface area contributed by atoms with Gasteiger partial charge in [0.05, 0.1) is 12.0 Å². The normalized spacial score (nSPS) is 11.5. The summed E-state index contributed by atoms with van der Waals surface area (Å²) >= 11 is 0. The van der Waals surface area contributed by atoms with E-state index >= 15 is 0 Å². The minimum Gasteiger partial charge on any atom is -0.486 e. The average Bonchev–Trinajstić information content (AvgIpc) is 2.71. The van der Waals surface area contributed by atoms with Crippen LogP contribution >= 0.6 is 0 Å². The summed E-state index contributed by atoms with van der Waals surface area (Å²) in [6.07, 6.45) is -4.69. The molecule has 2 rings (SSSR count). The molecule has 4 nitrogen and oxygen atoms in total. The molecule has 0 bridgehead atoms. The number of nitriles is 1. The van der Waals surface area contributed by atoms with Crippen molar-refractivity contribution in [3.8, 4) is 11.8 Å². The van der Waals surface area contributed by atoms with E-state index in [2.05, 4.69) is 4.74 Å². The lowest BCUT2D eigenvalue weighted by Gasteiger charge is -2.08.